The highest BCUT2D eigenvalue weighted by molar-refractivity contribution is 5.77. The SMILES string of the molecule is CCOCC(=O)NCC(C)(O)CC(=O)O. The Kier molecular flexibility index (Phi) is 5.88. The van der Waals surface area contributed by atoms with Crippen LogP contribution in [0.4, 0.5) is 0 Å². The molecule has 1 atom stereocenters. The van der Waals surface area contributed by atoms with Crippen LogP contribution in [0.15, 0.2) is 0 Å². The molecule has 6 heteroatoms. The van der Waals surface area contributed by atoms with Crippen LogP contribution in [0.3, 0.4) is 0 Å². The molecular formula is C9H17NO5. The van der Waals surface area contributed by atoms with Crippen molar-refractivity contribution in [1.82, 2.24) is 5.32 Å². The number of amides is 1. The second kappa shape index (κ2) is 6.36. The van der Waals surface area contributed by atoms with Crippen LogP contribution in [-0.2, 0) is 14.3 Å². The normalized spacial score (nSPS) is 14.3. The Morgan fingerprint density at radius 2 is 2.07 bits per heavy atom. The second-order valence-corrected chi connectivity index (χ2v) is 3.48. The Labute approximate surface area is 88.2 Å². The lowest BCUT2D eigenvalue weighted by molar-refractivity contribution is -0.142. The van der Waals surface area contributed by atoms with E-state index in [9.17, 15) is 14.7 Å². The van der Waals surface area contributed by atoms with E-state index in [0.717, 1.165) is 0 Å². The molecule has 0 saturated heterocycles. The maximum Gasteiger partial charge on any atom is 0.306 e. The third-order valence-electron chi connectivity index (χ3n) is 1.64. The summed E-state index contributed by atoms with van der Waals surface area (Å²) in [6, 6.07) is 0. The molecule has 0 aromatic rings. The molecule has 6 nitrogen and oxygen atoms in total. The number of ether oxygens (including phenoxy) is 1. The van der Waals surface area contributed by atoms with Gasteiger partial charge in [0.2, 0.25) is 5.91 Å². The summed E-state index contributed by atoms with van der Waals surface area (Å²) < 4.78 is 4.83. The van der Waals surface area contributed by atoms with Crippen LogP contribution in [0.2, 0.25) is 0 Å². The van der Waals surface area contributed by atoms with Crippen LogP contribution in [0.1, 0.15) is 20.3 Å². The first-order chi connectivity index (χ1) is 6.87. The summed E-state index contributed by atoms with van der Waals surface area (Å²) in [5, 5.41) is 20.4. The lowest BCUT2D eigenvalue weighted by atomic mass is 10.0. The smallest absolute Gasteiger partial charge is 0.306 e. The number of carbonyl (C=O) groups excluding carboxylic acids is 1. The Bertz CT molecular complexity index is 227. The van der Waals surface area contributed by atoms with Crippen LogP contribution in [-0.4, -0.2) is 47.4 Å². The lowest BCUT2D eigenvalue weighted by Gasteiger charge is -2.21. The minimum absolute atomic E-state index is 0.0837. The monoisotopic (exact) mass is 219 g/mol. The van der Waals surface area contributed by atoms with Gasteiger partial charge in [0.15, 0.2) is 0 Å². The molecule has 0 aromatic heterocycles. The number of carbonyl (C=O) groups is 2. The number of nitrogens with one attached hydrogen (secondary N) is 1. The van der Waals surface area contributed by atoms with E-state index in [1.807, 2.05) is 0 Å². The molecule has 15 heavy (non-hydrogen) atoms. The molecule has 0 aliphatic rings. The highest BCUT2D eigenvalue weighted by Crippen LogP contribution is 2.06. The van der Waals surface area contributed by atoms with Crippen molar-refractivity contribution < 1.29 is 24.5 Å². The predicted octanol–water partition coefficient (Wildman–Crippen LogP) is -0.635. The molecule has 0 aromatic carbocycles. The van der Waals surface area contributed by atoms with Crippen LogP contribution in [0.5, 0.6) is 0 Å². The van der Waals surface area contributed by atoms with Crippen molar-refractivity contribution in [3.05, 3.63) is 0 Å². The zero-order valence-corrected chi connectivity index (χ0v) is 8.95. The summed E-state index contributed by atoms with van der Waals surface area (Å²) in [5.74, 6) is -1.48. The van der Waals surface area contributed by atoms with Gasteiger partial charge in [-0.2, -0.15) is 0 Å². The van der Waals surface area contributed by atoms with Gasteiger partial charge in [-0.15, -0.1) is 0 Å². The molecule has 0 spiro atoms. The Hall–Kier alpha value is -1.14. The van der Waals surface area contributed by atoms with Gasteiger partial charge >= 0.3 is 5.97 Å². The summed E-state index contributed by atoms with van der Waals surface area (Å²) in [6.07, 6.45) is -0.415. The fraction of sp³-hybridized carbons (Fsp3) is 0.778. The largest absolute Gasteiger partial charge is 0.481 e. The van der Waals surface area contributed by atoms with Gasteiger partial charge in [0.25, 0.3) is 0 Å². The van der Waals surface area contributed by atoms with E-state index >= 15 is 0 Å². The fourth-order valence-electron chi connectivity index (χ4n) is 0.923. The van der Waals surface area contributed by atoms with E-state index in [1.54, 1.807) is 6.92 Å². The average Bonchev–Trinajstić information content (AvgIpc) is 2.09. The number of carboxylic acid groups (broad SMARTS) is 1. The topological polar surface area (TPSA) is 95.9 Å². The van der Waals surface area contributed by atoms with E-state index in [1.165, 1.54) is 6.92 Å². The van der Waals surface area contributed by atoms with E-state index in [-0.39, 0.29) is 19.1 Å². The third-order valence-corrected chi connectivity index (χ3v) is 1.64. The summed E-state index contributed by atoms with van der Waals surface area (Å²) in [4.78, 5) is 21.4. The molecule has 0 aliphatic heterocycles. The van der Waals surface area contributed by atoms with Gasteiger partial charge in [0.1, 0.15) is 6.61 Å². The van der Waals surface area contributed by atoms with Gasteiger partial charge < -0.3 is 20.3 Å². The minimum Gasteiger partial charge on any atom is -0.481 e. The maximum atomic E-state index is 11.0. The lowest BCUT2D eigenvalue weighted by Crippen LogP contribution is -2.43. The van der Waals surface area contributed by atoms with E-state index in [4.69, 9.17) is 9.84 Å². The van der Waals surface area contributed by atoms with Crippen molar-refractivity contribution in [2.24, 2.45) is 0 Å². The number of aliphatic carboxylic acids is 1. The minimum atomic E-state index is -1.44. The molecule has 3 N–H and O–H groups in total. The van der Waals surface area contributed by atoms with Crippen LogP contribution in [0.25, 0.3) is 0 Å². The van der Waals surface area contributed by atoms with Crippen molar-refractivity contribution in [3.8, 4) is 0 Å². The van der Waals surface area contributed by atoms with Crippen LogP contribution >= 0.6 is 0 Å². The standard InChI is InChI=1S/C9H17NO5/c1-3-15-5-7(11)10-6-9(2,14)4-8(12)13/h14H,3-6H2,1-2H3,(H,10,11)(H,12,13). The molecule has 0 heterocycles. The Balaban J connectivity index is 3.82. The quantitative estimate of drug-likeness (QED) is 0.529. The molecule has 1 unspecified atom stereocenters. The van der Waals surface area contributed by atoms with Crippen molar-refractivity contribution in [2.75, 3.05) is 19.8 Å². The van der Waals surface area contributed by atoms with Crippen molar-refractivity contribution in [1.29, 1.82) is 0 Å². The Morgan fingerprint density at radius 1 is 1.47 bits per heavy atom. The van der Waals surface area contributed by atoms with E-state index in [2.05, 4.69) is 5.32 Å². The van der Waals surface area contributed by atoms with Crippen molar-refractivity contribution in [3.63, 3.8) is 0 Å². The first kappa shape index (κ1) is 13.9. The summed E-state index contributed by atoms with van der Waals surface area (Å²) >= 11 is 0. The molecule has 1 amide bonds. The number of hydrogen-bond acceptors (Lipinski definition) is 4. The van der Waals surface area contributed by atoms with Gasteiger partial charge in [0, 0.05) is 13.2 Å². The highest BCUT2D eigenvalue weighted by atomic mass is 16.5. The summed E-state index contributed by atoms with van der Waals surface area (Å²) in [7, 11) is 0. The van der Waals surface area contributed by atoms with Crippen LogP contribution in [0, 0.1) is 0 Å². The molecule has 0 bridgehead atoms. The van der Waals surface area contributed by atoms with Gasteiger partial charge in [-0.25, -0.2) is 0 Å². The first-order valence-electron chi connectivity index (χ1n) is 4.66. The zero-order chi connectivity index (χ0) is 11.9. The van der Waals surface area contributed by atoms with Crippen molar-refractivity contribution in [2.45, 2.75) is 25.9 Å². The Morgan fingerprint density at radius 3 is 2.53 bits per heavy atom. The number of carboxylic acids is 1. The van der Waals surface area contributed by atoms with Gasteiger partial charge in [-0.05, 0) is 13.8 Å². The van der Waals surface area contributed by atoms with Gasteiger partial charge in [-0.3, -0.25) is 9.59 Å². The fourth-order valence-corrected chi connectivity index (χ4v) is 0.923. The van der Waals surface area contributed by atoms with E-state index in [0.29, 0.717) is 6.61 Å². The maximum absolute atomic E-state index is 11.0. The van der Waals surface area contributed by atoms with Gasteiger partial charge in [0.05, 0.1) is 12.0 Å². The highest BCUT2D eigenvalue weighted by Gasteiger charge is 2.24. The molecular weight excluding hydrogens is 202 g/mol. The summed E-state index contributed by atoms with van der Waals surface area (Å²) in [5.41, 5.74) is -1.44. The van der Waals surface area contributed by atoms with E-state index < -0.39 is 18.0 Å². The molecule has 0 radical (unpaired) electrons. The average molecular weight is 219 g/mol. The molecule has 0 saturated carbocycles. The third kappa shape index (κ3) is 7.90. The second-order valence-electron chi connectivity index (χ2n) is 3.48. The van der Waals surface area contributed by atoms with Gasteiger partial charge in [-0.1, -0.05) is 0 Å². The molecule has 0 rings (SSSR count). The number of hydrogen-bond donors (Lipinski definition) is 3. The number of rotatable bonds is 7. The zero-order valence-electron chi connectivity index (χ0n) is 8.95. The predicted molar refractivity (Wildman–Crippen MR) is 52.4 cm³/mol. The van der Waals surface area contributed by atoms with Crippen LogP contribution < -0.4 is 5.32 Å². The first-order valence-corrected chi connectivity index (χ1v) is 4.66. The molecule has 0 aliphatic carbocycles. The molecule has 88 valence electrons. The molecule has 0 fully saturated rings. The summed E-state index contributed by atoms with van der Waals surface area (Å²) in [6.45, 7) is 3.35. The number of aliphatic hydroxyl groups is 1. The van der Waals surface area contributed by atoms with Crippen molar-refractivity contribution >= 4 is 11.9 Å².